The fourth-order valence-corrected chi connectivity index (χ4v) is 3.38. The van der Waals surface area contributed by atoms with Gasteiger partial charge in [0.25, 0.3) is 0 Å². The van der Waals surface area contributed by atoms with Gasteiger partial charge in [-0.05, 0) is 42.7 Å². The summed E-state index contributed by atoms with van der Waals surface area (Å²) >= 11 is 0. The van der Waals surface area contributed by atoms with E-state index in [1.165, 1.54) is 0 Å². The number of sulfone groups is 1. The summed E-state index contributed by atoms with van der Waals surface area (Å²) in [6.45, 7) is 5.37. The molecule has 0 spiro atoms. The number of nitrogens with zero attached hydrogens (tertiary/aromatic N) is 1. The van der Waals surface area contributed by atoms with Gasteiger partial charge in [0.05, 0.1) is 16.6 Å². The molecule has 0 saturated carbocycles. The molecule has 108 valence electrons. The van der Waals surface area contributed by atoms with Crippen molar-refractivity contribution in [3.05, 3.63) is 35.5 Å². The van der Waals surface area contributed by atoms with Crippen molar-refractivity contribution in [1.29, 1.82) is 0 Å². The van der Waals surface area contributed by atoms with Crippen LogP contribution in [-0.4, -0.2) is 32.0 Å². The van der Waals surface area contributed by atoms with Gasteiger partial charge >= 0.3 is 0 Å². The molecule has 0 bridgehead atoms. The number of allylic oxidation sites excluding steroid dienone is 1. The molecule has 0 unspecified atom stereocenters. The highest BCUT2D eigenvalue weighted by molar-refractivity contribution is 7.91. The third-order valence-corrected chi connectivity index (χ3v) is 5.49. The number of amides is 1. The second-order valence-electron chi connectivity index (χ2n) is 5.14. The van der Waals surface area contributed by atoms with E-state index in [9.17, 15) is 13.2 Å². The minimum atomic E-state index is -3.24. The van der Waals surface area contributed by atoms with Crippen LogP contribution in [0.1, 0.15) is 37.8 Å². The quantitative estimate of drug-likeness (QED) is 0.841. The summed E-state index contributed by atoms with van der Waals surface area (Å²) in [6, 6.07) is 5.04. The van der Waals surface area contributed by atoms with Gasteiger partial charge < -0.3 is 4.90 Å². The number of carbonyl (C=O) groups excluding carboxylic acids is 1. The smallest absolute Gasteiger partial charge is 0.233 e. The normalized spacial score (nSPS) is 19.4. The van der Waals surface area contributed by atoms with Crippen LogP contribution in [0.2, 0.25) is 0 Å². The van der Waals surface area contributed by atoms with Gasteiger partial charge in [-0.1, -0.05) is 13.0 Å². The molecule has 1 atom stereocenters. The molecule has 0 radical (unpaired) electrons. The molecule has 1 aromatic carbocycles. The van der Waals surface area contributed by atoms with E-state index in [1.807, 2.05) is 13.8 Å². The van der Waals surface area contributed by atoms with Crippen molar-refractivity contribution in [2.24, 2.45) is 0 Å². The highest BCUT2D eigenvalue weighted by atomic mass is 32.2. The van der Waals surface area contributed by atoms with E-state index in [0.717, 1.165) is 16.7 Å². The van der Waals surface area contributed by atoms with Crippen LogP contribution >= 0.6 is 0 Å². The average molecular weight is 293 g/mol. The highest BCUT2D eigenvalue weighted by Gasteiger charge is 2.26. The zero-order valence-electron chi connectivity index (χ0n) is 12.2. The lowest BCUT2D eigenvalue weighted by molar-refractivity contribution is -0.128. The third-order valence-electron chi connectivity index (χ3n) is 3.76. The van der Waals surface area contributed by atoms with Crippen molar-refractivity contribution in [2.75, 3.05) is 12.8 Å². The SMILES string of the molecule is CCS(=O)(=O)c1ccc2c(c1)C(C)=CN(C)C(=O)[C@@H]2C. The number of carbonyl (C=O) groups is 1. The Morgan fingerprint density at radius 2 is 1.95 bits per heavy atom. The molecule has 1 heterocycles. The zero-order chi connectivity index (χ0) is 15.1. The molecular formula is C15H19NO3S. The Balaban J connectivity index is 2.67. The molecule has 0 aromatic heterocycles. The first kappa shape index (κ1) is 14.8. The van der Waals surface area contributed by atoms with Crippen molar-refractivity contribution in [1.82, 2.24) is 4.90 Å². The van der Waals surface area contributed by atoms with Gasteiger partial charge in [-0.25, -0.2) is 8.42 Å². The maximum absolute atomic E-state index is 12.2. The van der Waals surface area contributed by atoms with Crippen LogP contribution < -0.4 is 0 Å². The fourth-order valence-electron chi connectivity index (χ4n) is 2.48. The molecule has 20 heavy (non-hydrogen) atoms. The Morgan fingerprint density at radius 1 is 1.30 bits per heavy atom. The van der Waals surface area contributed by atoms with Crippen molar-refractivity contribution in [3.63, 3.8) is 0 Å². The van der Waals surface area contributed by atoms with Gasteiger partial charge in [-0.15, -0.1) is 0 Å². The van der Waals surface area contributed by atoms with E-state index in [4.69, 9.17) is 0 Å². The fraction of sp³-hybridized carbons (Fsp3) is 0.400. The number of hydrogen-bond donors (Lipinski definition) is 0. The van der Waals surface area contributed by atoms with Crippen molar-refractivity contribution >= 4 is 21.3 Å². The van der Waals surface area contributed by atoms with Crippen LogP contribution in [-0.2, 0) is 14.6 Å². The molecular weight excluding hydrogens is 274 g/mol. The molecule has 1 aliphatic heterocycles. The summed E-state index contributed by atoms with van der Waals surface area (Å²) in [4.78, 5) is 14.0. The zero-order valence-corrected chi connectivity index (χ0v) is 13.0. The van der Waals surface area contributed by atoms with Gasteiger partial charge in [0.1, 0.15) is 0 Å². The predicted octanol–water partition coefficient (Wildman–Crippen LogP) is 2.42. The van der Waals surface area contributed by atoms with Crippen molar-refractivity contribution < 1.29 is 13.2 Å². The largest absolute Gasteiger partial charge is 0.321 e. The molecule has 2 rings (SSSR count). The molecule has 0 saturated heterocycles. The average Bonchev–Trinajstić information content (AvgIpc) is 2.51. The van der Waals surface area contributed by atoms with E-state index >= 15 is 0 Å². The topological polar surface area (TPSA) is 54.5 Å². The van der Waals surface area contributed by atoms with Crippen molar-refractivity contribution in [3.8, 4) is 0 Å². The van der Waals surface area contributed by atoms with Crippen LogP contribution in [0, 0.1) is 0 Å². The van der Waals surface area contributed by atoms with E-state index in [-0.39, 0.29) is 17.6 Å². The van der Waals surface area contributed by atoms with Gasteiger partial charge in [-0.3, -0.25) is 4.79 Å². The van der Waals surface area contributed by atoms with Gasteiger partial charge in [0.2, 0.25) is 5.91 Å². The first-order valence-corrected chi connectivity index (χ1v) is 8.25. The lowest BCUT2D eigenvalue weighted by Crippen LogP contribution is -2.24. The molecule has 1 aliphatic rings. The van der Waals surface area contributed by atoms with E-state index in [1.54, 1.807) is 43.3 Å². The Labute approximate surface area is 120 Å². The molecule has 0 aliphatic carbocycles. The molecule has 5 heteroatoms. The van der Waals surface area contributed by atoms with Gasteiger partial charge in [-0.2, -0.15) is 0 Å². The summed E-state index contributed by atoms with van der Waals surface area (Å²) in [7, 11) is -1.52. The Morgan fingerprint density at radius 3 is 2.55 bits per heavy atom. The number of rotatable bonds is 2. The number of fused-ring (bicyclic) bond motifs is 1. The van der Waals surface area contributed by atoms with Gasteiger partial charge in [0.15, 0.2) is 9.84 Å². The van der Waals surface area contributed by atoms with Crippen LogP contribution in [0.4, 0.5) is 0 Å². The summed E-state index contributed by atoms with van der Waals surface area (Å²) < 4.78 is 24.0. The molecule has 0 fully saturated rings. The summed E-state index contributed by atoms with van der Waals surface area (Å²) in [5, 5.41) is 0. The second-order valence-corrected chi connectivity index (χ2v) is 7.41. The predicted molar refractivity (Wildman–Crippen MR) is 79.0 cm³/mol. The second kappa shape index (κ2) is 5.05. The number of benzene rings is 1. The van der Waals surface area contributed by atoms with Crippen LogP contribution in [0.5, 0.6) is 0 Å². The maximum atomic E-state index is 12.2. The molecule has 4 nitrogen and oxygen atoms in total. The first-order chi connectivity index (χ1) is 9.27. The lowest BCUT2D eigenvalue weighted by atomic mass is 9.93. The Hall–Kier alpha value is -1.62. The van der Waals surface area contributed by atoms with Crippen LogP contribution in [0.15, 0.2) is 29.3 Å². The lowest BCUT2D eigenvalue weighted by Gasteiger charge is -2.16. The Bertz CT molecular complexity index is 689. The number of hydrogen-bond acceptors (Lipinski definition) is 3. The monoisotopic (exact) mass is 293 g/mol. The first-order valence-electron chi connectivity index (χ1n) is 6.60. The van der Waals surface area contributed by atoms with E-state index < -0.39 is 9.84 Å². The summed E-state index contributed by atoms with van der Waals surface area (Å²) in [5.74, 6) is -0.195. The number of likely N-dealkylation sites (N-methyl/N-ethyl adjacent to an activating group) is 1. The maximum Gasteiger partial charge on any atom is 0.233 e. The third kappa shape index (κ3) is 2.38. The van der Waals surface area contributed by atoms with Crippen molar-refractivity contribution in [2.45, 2.75) is 31.6 Å². The Kier molecular flexibility index (Phi) is 3.73. The standard InChI is InChI=1S/C15H19NO3S/c1-5-20(18,19)12-6-7-13-11(3)15(17)16(4)9-10(2)14(13)8-12/h6-9,11H,5H2,1-4H3/t11-/m1/s1. The van der Waals surface area contributed by atoms with E-state index in [2.05, 4.69) is 0 Å². The van der Waals surface area contributed by atoms with Crippen LogP contribution in [0.25, 0.3) is 5.57 Å². The minimum Gasteiger partial charge on any atom is -0.321 e. The molecule has 1 aromatic rings. The highest BCUT2D eigenvalue weighted by Crippen LogP contribution is 2.32. The molecule has 1 amide bonds. The van der Waals surface area contributed by atoms with Crippen LogP contribution in [0.3, 0.4) is 0 Å². The summed E-state index contributed by atoms with van der Waals surface area (Å²) in [5.41, 5.74) is 2.61. The van der Waals surface area contributed by atoms with E-state index in [0.29, 0.717) is 4.90 Å². The minimum absolute atomic E-state index is 0.00852. The molecule has 0 N–H and O–H groups in total. The van der Waals surface area contributed by atoms with Gasteiger partial charge in [0, 0.05) is 13.2 Å². The summed E-state index contributed by atoms with van der Waals surface area (Å²) in [6.07, 6.45) is 1.76.